The highest BCUT2D eigenvalue weighted by atomic mass is 16.5. The fraction of sp³-hybridized carbons (Fsp3) is 0.464. The van der Waals surface area contributed by atoms with Crippen molar-refractivity contribution in [3.63, 3.8) is 0 Å². The minimum atomic E-state index is -0.894. The molecule has 0 aliphatic heterocycles. The lowest BCUT2D eigenvalue weighted by Gasteiger charge is -2.27. The molecule has 2 amide bonds. The number of hydrogen-bond acceptors (Lipinski definition) is 4. The maximum atomic E-state index is 12.9. The molecule has 2 unspecified atom stereocenters. The molecule has 7 heteroatoms. The van der Waals surface area contributed by atoms with Crippen molar-refractivity contribution in [2.75, 3.05) is 13.2 Å². The zero-order valence-corrected chi connectivity index (χ0v) is 21.0. The van der Waals surface area contributed by atoms with Crippen LogP contribution in [0.15, 0.2) is 48.5 Å². The van der Waals surface area contributed by atoms with Crippen molar-refractivity contribution in [2.45, 2.75) is 58.9 Å². The van der Waals surface area contributed by atoms with Crippen LogP contribution >= 0.6 is 0 Å². The number of carboxylic acids is 1. The van der Waals surface area contributed by atoms with Crippen LogP contribution in [0.1, 0.15) is 64.0 Å². The number of hydrogen-bond donors (Lipinski definition) is 3. The van der Waals surface area contributed by atoms with Crippen LogP contribution in [0.2, 0.25) is 0 Å². The highest BCUT2D eigenvalue weighted by Crippen LogP contribution is 2.44. The van der Waals surface area contributed by atoms with Crippen LogP contribution in [0.25, 0.3) is 11.1 Å². The van der Waals surface area contributed by atoms with E-state index in [2.05, 4.69) is 34.9 Å². The van der Waals surface area contributed by atoms with Gasteiger partial charge in [-0.05, 0) is 47.4 Å². The third-order valence-electron chi connectivity index (χ3n) is 6.25. The fourth-order valence-corrected chi connectivity index (χ4v) is 4.63. The van der Waals surface area contributed by atoms with Gasteiger partial charge in [0, 0.05) is 24.9 Å². The number of carbonyl (C=O) groups is 3. The van der Waals surface area contributed by atoms with Crippen LogP contribution in [-0.4, -0.2) is 42.3 Å². The Morgan fingerprint density at radius 1 is 1.00 bits per heavy atom. The van der Waals surface area contributed by atoms with Crippen LogP contribution < -0.4 is 10.6 Å². The SMILES string of the molecule is CC(CCC(=O)O)NC(=O)C(CNC(=O)OCC1c2ccccc2-c2ccccc21)CC(C)(C)C. The van der Waals surface area contributed by atoms with Gasteiger partial charge in [0.05, 0.1) is 5.92 Å². The van der Waals surface area contributed by atoms with Crippen molar-refractivity contribution >= 4 is 18.0 Å². The van der Waals surface area contributed by atoms with Crippen molar-refractivity contribution in [3.8, 4) is 11.1 Å². The van der Waals surface area contributed by atoms with E-state index in [0.29, 0.717) is 12.8 Å². The lowest BCUT2D eigenvalue weighted by Crippen LogP contribution is -2.43. The molecular weight excluding hydrogens is 444 g/mol. The van der Waals surface area contributed by atoms with E-state index in [1.165, 1.54) is 0 Å². The monoisotopic (exact) mass is 480 g/mol. The number of fused-ring (bicyclic) bond motifs is 3. The van der Waals surface area contributed by atoms with Gasteiger partial charge in [0.15, 0.2) is 0 Å². The third-order valence-corrected chi connectivity index (χ3v) is 6.25. The second-order valence-corrected chi connectivity index (χ2v) is 10.5. The predicted molar refractivity (Wildman–Crippen MR) is 135 cm³/mol. The molecule has 1 aliphatic rings. The van der Waals surface area contributed by atoms with Crippen molar-refractivity contribution < 1.29 is 24.2 Å². The smallest absolute Gasteiger partial charge is 0.407 e. The standard InChI is InChI=1S/C28H36N2O5/c1-18(13-14-25(31)32)30-26(33)19(15-28(2,3)4)16-29-27(34)35-17-24-22-11-7-5-9-20(22)21-10-6-8-12-23(21)24/h5-12,18-19,24H,13-17H2,1-4H3,(H,29,34)(H,30,33)(H,31,32). The van der Waals surface area contributed by atoms with E-state index >= 15 is 0 Å². The van der Waals surface area contributed by atoms with E-state index < -0.39 is 18.0 Å². The van der Waals surface area contributed by atoms with Gasteiger partial charge in [0.2, 0.25) is 5.91 Å². The number of amides is 2. The lowest BCUT2D eigenvalue weighted by molar-refractivity contribution is -0.137. The average molecular weight is 481 g/mol. The van der Waals surface area contributed by atoms with E-state index in [9.17, 15) is 14.4 Å². The quantitative estimate of drug-likeness (QED) is 0.446. The number of benzene rings is 2. The highest BCUT2D eigenvalue weighted by molar-refractivity contribution is 5.80. The normalized spacial score (nSPS) is 14.4. The maximum absolute atomic E-state index is 12.9. The largest absolute Gasteiger partial charge is 0.481 e. The molecule has 0 saturated heterocycles. The van der Waals surface area contributed by atoms with E-state index in [1.54, 1.807) is 6.92 Å². The van der Waals surface area contributed by atoms with Crippen LogP contribution in [-0.2, 0) is 14.3 Å². The maximum Gasteiger partial charge on any atom is 0.407 e. The number of carboxylic acid groups (broad SMARTS) is 1. The molecule has 0 heterocycles. The summed E-state index contributed by atoms with van der Waals surface area (Å²) in [5, 5.41) is 14.5. The van der Waals surface area contributed by atoms with Gasteiger partial charge >= 0.3 is 12.1 Å². The topological polar surface area (TPSA) is 105 Å². The van der Waals surface area contributed by atoms with Gasteiger partial charge in [-0.1, -0.05) is 69.3 Å². The molecule has 1 aliphatic carbocycles. The summed E-state index contributed by atoms with van der Waals surface area (Å²) < 4.78 is 5.60. The molecule has 0 bridgehead atoms. The summed E-state index contributed by atoms with van der Waals surface area (Å²) in [6.45, 7) is 8.25. The van der Waals surface area contributed by atoms with E-state index in [0.717, 1.165) is 22.3 Å². The van der Waals surface area contributed by atoms with Crippen molar-refractivity contribution in [1.82, 2.24) is 10.6 Å². The molecule has 7 nitrogen and oxygen atoms in total. The molecule has 35 heavy (non-hydrogen) atoms. The Balaban J connectivity index is 1.58. The Hall–Kier alpha value is -3.35. The van der Waals surface area contributed by atoms with E-state index in [-0.39, 0.29) is 42.9 Å². The van der Waals surface area contributed by atoms with Gasteiger partial charge in [-0.2, -0.15) is 0 Å². The molecule has 0 aromatic heterocycles. The summed E-state index contributed by atoms with van der Waals surface area (Å²) in [7, 11) is 0. The van der Waals surface area contributed by atoms with Crippen LogP contribution in [0, 0.1) is 11.3 Å². The fourth-order valence-electron chi connectivity index (χ4n) is 4.63. The van der Waals surface area contributed by atoms with Gasteiger partial charge in [-0.15, -0.1) is 0 Å². The van der Waals surface area contributed by atoms with Gasteiger partial charge in [-0.3, -0.25) is 9.59 Å². The minimum absolute atomic E-state index is 0.0105. The summed E-state index contributed by atoms with van der Waals surface area (Å²) in [4.78, 5) is 36.3. The van der Waals surface area contributed by atoms with Gasteiger partial charge in [0.25, 0.3) is 0 Å². The molecule has 0 saturated carbocycles. The first-order chi connectivity index (χ1) is 16.5. The summed E-state index contributed by atoms with van der Waals surface area (Å²) in [5.74, 6) is -1.58. The Kier molecular flexibility index (Phi) is 8.54. The molecule has 0 fully saturated rings. The van der Waals surface area contributed by atoms with Gasteiger partial charge in [0.1, 0.15) is 6.61 Å². The second kappa shape index (κ2) is 11.4. The van der Waals surface area contributed by atoms with Crippen molar-refractivity contribution in [3.05, 3.63) is 59.7 Å². The molecule has 2 aromatic carbocycles. The summed E-state index contributed by atoms with van der Waals surface area (Å²) in [6, 6.07) is 16.0. The summed E-state index contributed by atoms with van der Waals surface area (Å²) >= 11 is 0. The predicted octanol–water partition coefficient (Wildman–Crippen LogP) is 4.95. The highest BCUT2D eigenvalue weighted by Gasteiger charge is 2.30. The number of aliphatic carboxylic acids is 1. The van der Waals surface area contributed by atoms with Crippen LogP contribution in [0.5, 0.6) is 0 Å². The van der Waals surface area contributed by atoms with E-state index in [4.69, 9.17) is 9.84 Å². The third kappa shape index (κ3) is 7.31. The average Bonchev–Trinajstić information content (AvgIpc) is 3.12. The minimum Gasteiger partial charge on any atom is -0.481 e. The Labute approximate surface area is 207 Å². The van der Waals surface area contributed by atoms with E-state index in [1.807, 2.05) is 45.0 Å². The van der Waals surface area contributed by atoms with Gasteiger partial charge in [-0.25, -0.2) is 4.79 Å². The van der Waals surface area contributed by atoms with Crippen LogP contribution in [0.3, 0.4) is 0 Å². The lowest BCUT2D eigenvalue weighted by atomic mass is 9.84. The molecule has 188 valence electrons. The molecular formula is C28H36N2O5. The first kappa shape index (κ1) is 26.3. The Morgan fingerprint density at radius 2 is 1.57 bits per heavy atom. The number of carbonyl (C=O) groups excluding carboxylic acids is 2. The number of rotatable bonds is 10. The zero-order chi connectivity index (χ0) is 25.6. The molecule has 2 atom stereocenters. The second-order valence-electron chi connectivity index (χ2n) is 10.5. The zero-order valence-electron chi connectivity index (χ0n) is 21.0. The summed E-state index contributed by atoms with van der Waals surface area (Å²) in [6.07, 6.45) is 0.346. The Morgan fingerprint density at radius 3 is 2.11 bits per heavy atom. The Bertz CT molecular complexity index is 1010. The molecule has 0 spiro atoms. The van der Waals surface area contributed by atoms with Crippen molar-refractivity contribution in [2.24, 2.45) is 11.3 Å². The van der Waals surface area contributed by atoms with Gasteiger partial charge < -0.3 is 20.5 Å². The first-order valence-corrected chi connectivity index (χ1v) is 12.2. The number of nitrogens with one attached hydrogen (secondary N) is 2. The summed E-state index contributed by atoms with van der Waals surface area (Å²) in [5.41, 5.74) is 4.48. The molecule has 2 aromatic rings. The first-order valence-electron chi connectivity index (χ1n) is 12.2. The van der Waals surface area contributed by atoms with Crippen LogP contribution in [0.4, 0.5) is 4.79 Å². The molecule has 0 radical (unpaired) electrons. The molecule has 3 N–H and O–H groups in total. The number of ether oxygens (including phenoxy) is 1. The van der Waals surface area contributed by atoms with Crippen molar-refractivity contribution in [1.29, 1.82) is 0 Å². The molecule has 3 rings (SSSR count). The number of alkyl carbamates (subject to hydrolysis) is 1.